The Bertz CT molecular complexity index is 260. The van der Waals surface area contributed by atoms with Crippen molar-refractivity contribution in [2.24, 2.45) is 23.3 Å². The van der Waals surface area contributed by atoms with Crippen molar-refractivity contribution in [2.75, 3.05) is 20.1 Å². The molecule has 0 atom stereocenters. The van der Waals surface area contributed by atoms with E-state index in [-0.39, 0.29) is 18.4 Å². The number of rotatable bonds is 4. The lowest BCUT2D eigenvalue weighted by atomic mass is 9.81. The molecule has 0 aromatic heterocycles. The van der Waals surface area contributed by atoms with Crippen LogP contribution in [0.3, 0.4) is 0 Å². The highest BCUT2D eigenvalue weighted by atomic mass is 16.2. The number of hydrogen-bond donors (Lipinski definition) is 2. The molecule has 92 valence electrons. The summed E-state index contributed by atoms with van der Waals surface area (Å²) >= 11 is 0. The molecule has 1 aliphatic carbocycles. The predicted molar refractivity (Wildman–Crippen MR) is 61.3 cm³/mol. The number of amides is 2. The zero-order valence-electron chi connectivity index (χ0n) is 9.82. The third-order valence-electron chi connectivity index (χ3n) is 3.30. The van der Waals surface area contributed by atoms with Gasteiger partial charge in [0, 0.05) is 13.0 Å². The molecule has 0 aromatic rings. The third kappa shape index (κ3) is 3.48. The monoisotopic (exact) mass is 227 g/mol. The third-order valence-corrected chi connectivity index (χ3v) is 3.30. The van der Waals surface area contributed by atoms with E-state index in [1.54, 1.807) is 7.05 Å². The lowest BCUT2D eigenvalue weighted by molar-refractivity contribution is -0.138. The summed E-state index contributed by atoms with van der Waals surface area (Å²) in [5, 5.41) is 0. The molecular formula is C11H21N3O2. The van der Waals surface area contributed by atoms with Gasteiger partial charge in [0.05, 0.1) is 6.54 Å². The van der Waals surface area contributed by atoms with Crippen molar-refractivity contribution in [3.8, 4) is 0 Å². The normalized spacial score (nSPS) is 25.1. The van der Waals surface area contributed by atoms with Crippen LogP contribution in [-0.2, 0) is 9.59 Å². The Hall–Kier alpha value is -1.10. The van der Waals surface area contributed by atoms with Crippen LogP contribution >= 0.6 is 0 Å². The molecule has 0 spiro atoms. The quantitative estimate of drug-likeness (QED) is 0.690. The smallest absolute Gasteiger partial charge is 0.237 e. The molecule has 5 heteroatoms. The Morgan fingerprint density at radius 3 is 2.25 bits per heavy atom. The highest BCUT2D eigenvalue weighted by Gasteiger charge is 2.27. The van der Waals surface area contributed by atoms with E-state index in [2.05, 4.69) is 0 Å². The molecule has 4 N–H and O–H groups in total. The van der Waals surface area contributed by atoms with Gasteiger partial charge in [0.15, 0.2) is 0 Å². The molecule has 5 nitrogen and oxygen atoms in total. The van der Waals surface area contributed by atoms with E-state index in [9.17, 15) is 9.59 Å². The molecule has 0 aromatic carbocycles. The zero-order chi connectivity index (χ0) is 12.1. The van der Waals surface area contributed by atoms with Crippen molar-refractivity contribution in [2.45, 2.75) is 25.7 Å². The van der Waals surface area contributed by atoms with Crippen molar-refractivity contribution in [3.63, 3.8) is 0 Å². The average Bonchev–Trinajstić information content (AvgIpc) is 2.27. The minimum absolute atomic E-state index is 0.00957. The molecule has 0 bridgehead atoms. The second-order valence-electron chi connectivity index (χ2n) is 4.61. The van der Waals surface area contributed by atoms with Crippen LogP contribution in [0.25, 0.3) is 0 Å². The number of hydrogen-bond acceptors (Lipinski definition) is 3. The van der Waals surface area contributed by atoms with Gasteiger partial charge in [0.2, 0.25) is 11.8 Å². The lowest BCUT2D eigenvalue weighted by Gasteiger charge is -2.29. The Morgan fingerprint density at radius 2 is 1.81 bits per heavy atom. The van der Waals surface area contributed by atoms with Crippen molar-refractivity contribution >= 4 is 11.8 Å². The highest BCUT2D eigenvalue weighted by Crippen LogP contribution is 2.29. The standard InChI is InChI=1S/C11H21N3O2/c1-14(7-10(13)15)11(16)9-4-2-8(6-12)3-5-9/h8-9H,2-7,12H2,1H3,(H2,13,15). The second-order valence-corrected chi connectivity index (χ2v) is 4.61. The second kappa shape index (κ2) is 5.84. The molecule has 0 saturated heterocycles. The van der Waals surface area contributed by atoms with Gasteiger partial charge in [0.25, 0.3) is 0 Å². The van der Waals surface area contributed by atoms with Crippen LogP contribution in [0.15, 0.2) is 0 Å². The Kier molecular flexibility index (Phi) is 4.73. The summed E-state index contributed by atoms with van der Waals surface area (Å²) in [4.78, 5) is 24.0. The zero-order valence-corrected chi connectivity index (χ0v) is 9.82. The topological polar surface area (TPSA) is 89.4 Å². The fourth-order valence-electron chi connectivity index (χ4n) is 2.27. The molecule has 1 saturated carbocycles. The summed E-state index contributed by atoms with van der Waals surface area (Å²) in [7, 11) is 1.63. The van der Waals surface area contributed by atoms with Gasteiger partial charge in [-0.15, -0.1) is 0 Å². The molecule has 2 amide bonds. The van der Waals surface area contributed by atoms with Crippen LogP contribution in [0.2, 0.25) is 0 Å². The van der Waals surface area contributed by atoms with Crippen molar-refractivity contribution in [3.05, 3.63) is 0 Å². The molecule has 0 radical (unpaired) electrons. The summed E-state index contributed by atoms with van der Waals surface area (Å²) in [5.41, 5.74) is 10.6. The van der Waals surface area contributed by atoms with Crippen LogP contribution in [0.1, 0.15) is 25.7 Å². The summed E-state index contributed by atoms with van der Waals surface area (Å²) in [5.74, 6) is 0.179. The number of likely N-dealkylation sites (N-methyl/N-ethyl adjacent to an activating group) is 1. The van der Waals surface area contributed by atoms with E-state index < -0.39 is 5.91 Å². The Labute approximate surface area is 96.1 Å². The van der Waals surface area contributed by atoms with Gasteiger partial charge in [-0.2, -0.15) is 0 Å². The van der Waals surface area contributed by atoms with Crippen molar-refractivity contribution in [1.29, 1.82) is 0 Å². The maximum absolute atomic E-state index is 11.9. The first-order valence-electron chi connectivity index (χ1n) is 5.78. The fraction of sp³-hybridized carbons (Fsp3) is 0.818. The van der Waals surface area contributed by atoms with E-state index in [0.717, 1.165) is 25.7 Å². The minimum Gasteiger partial charge on any atom is -0.368 e. The largest absolute Gasteiger partial charge is 0.368 e. The van der Waals surface area contributed by atoms with Crippen LogP contribution in [-0.4, -0.2) is 36.9 Å². The van der Waals surface area contributed by atoms with Crippen molar-refractivity contribution < 1.29 is 9.59 Å². The van der Waals surface area contributed by atoms with E-state index in [0.29, 0.717) is 12.5 Å². The van der Waals surface area contributed by atoms with Crippen LogP contribution in [0, 0.1) is 11.8 Å². The van der Waals surface area contributed by atoms with Crippen molar-refractivity contribution in [1.82, 2.24) is 4.90 Å². The molecule has 0 aliphatic heterocycles. The number of primary amides is 1. The van der Waals surface area contributed by atoms with Crippen LogP contribution in [0.4, 0.5) is 0 Å². The number of carbonyl (C=O) groups is 2. The Morgan fingerprint density at radius 1 is 1.25 bits per heavy atom. The molecular weight excluding hydrogens is 206 g/mol. The van der Waals surface area contributed by atoms with Gasteiger partial charge >= 0.3 is 0 Å². The van der Waals surface area contributed by atoms with Gasteiger partial charge in [-0.1, -0.05) is 0 Å². The van der Waals surface area contributed by atoms with E-state index in [4.69, 9.17) is 11.5 Å². The summed E-state index contributed by atoms with van der Waals surface area (Å²) in [6, 6.07) is 0. The average molecular weight is 227 g/mol. The maximum Gasteiger partial charge on any atom is 0.237 e. The van der Waals surface area contributed by atoms with Crippen LogP contribution < -0.4 is 11.5 Å². The molecule has 1 rings (SSSR count). The van der Waals surface area contributed by atoms with Gasteiger partial charge in [-0.3, -0.25) is 9.59 Å². The molecule has 0 heterocycles. The first kappa shape index (κ1) is 13.0. The predicted octanol–water partition coefficient (Wildman–Crippen LogP) is -0.305. The summed E-state index contributed by atoms with van der Waals surface area (Å²) in [6.07, 6.45) is 3.78. The van der Waals surface area contributed by atoms with Gasteiger partial charge in [-0.25, -0.2) is 0 Å². The molecule has 1 fully saturated rings. The minimum atomic E-state index is -0.466. The van der Waals surface area contributed by atoms with Crippen LogP contribution in [0.5, 0.6) is 0 Å². The highest BCUT2D eigenvalue weighted by molar-refractivity contribution is 5.84. The Balaban J connectivity index is 2.40. The fourth-order valence-corrected chi connectivity index (χ4v) is 2.27. The molecule has 1 aliphatic rings. The maximum atomic E-state index is 11.9. The summed E-state index contributed by atoms with van der Waals surface area (Å²) in [6.45, 7) is 0.716. The summed E-state index contributed by atoms with van der Waals surface area (Å²) < 4.78 is 0. The van der Waals surface area contributed by atoms with Gasteiger partial charge < -0.3 is 16.4 Å². The number of nitrogens with zero attached hydrogens (tertiary/aromatic N) is 1. The first-order chi connectivity index (χ1) is 7.54. The lowest BCUT2D eigenvalue weighted by Crippen LogP contribution is -2.40. The first-order valence-corrected chi connectivity index (χ1v) is 5.78. The van der Waals surface area contributed by atoms with E-state index >= 15 is 0 Å². The number of carbonyl (C=O) groups excluding carboxylic acids is 2. The SMILES string of the molecule is CN(CC(N)=O)C(=O)C1CCC(CN)CC1. The van der Waals surface area contributed by atoms with Gasteiger partial charge in [0.1, 0.15) is 0 Å². The van der Waals surface area contributed by atoms with E-state index in [1.807, 2.05) is 0 Å². The molecule has 0 unspecified atom stereocenters. The van der Waals surface area contributed by atoms with E-state index in [1.165, 1.54) is 4.90 Å². The molecule has 16 heavy (non-hydrogen) atoms. The van der Waals surface area contributed by atoms with Gasteiger partial charge in [-0.05, 0) is 38.1 Å². The number of nitrogens with two attached hydrogens (primary N) is 2.